The van der Waals surface area contributed by atoms with Crippen LogP contribution in [0.4, 0.5) is 0 Å². The standard InChI is InChI=1S/C21H26N4O4S/c1-13-14(2)22-24(4)20(27)18(13)21(28)25-12-30-11-17(25)19(26)23(3)10-15-7-6-8-16(9-15)29-5/h6-9,17H,10-12H2,1-5H3/t17-/m0/s1. The number of rotatable bonds is 5. The summed E-state index contributed by atoms with van der Waals surface area (Å²) in [5.41, 5.74) is 1.74. The first-order chi connectivity index (χ1) is 14.2. The van der Waals surface area contributed by atoms with E-state index in [1.165, 1.54) is 28.4 Å². The van der Waals surface area contributed by atoms with Gasteiger partial charge in [-0.3, -0.25) is 14.4 Å². The monoisotopic (exact) mass is 430 g/mol. The summed E-state index contributed by atoms with van der Waals surface area (Å²) >= 11 is 1.50. The van der Waals surface area contributed by atoms with Crippen LogP contribution in [0.1, 0.15) is 27.2 Å². The molecule has 1 aliphatic heterocycles. The normalized spacial score (nSPS) is 15.9. The number of ether oxygens (including phenoxy) is 1. The lowest BCUT2D eigenvalue weighted by molar-refractivity contribution is -0.134. The molecule has 3 rings (SSSR count). The minimum Gasteiger partial charge on any atom is -0.497 e. The van der Waals surface area contributed by atoms with Crippen LogP contribution in [0.5, 0.6) is 5.75 Å². The minimum absolute atomic E-state index is 0.0840. The third-order valence-corrected chi connectivity index (χ3v) is 6.31. The molecule has 1 aliphatic rings. The van der Waals surface area contributed by atoms with Gasteiger partial charge < -0.3 is 14.5 Å². The Morgan fingerprint density at radius 2 is 2.07 bits per heavy atom. The molecule has 0 aliphatic carbocycles. The number of aryl methyl sites for hydroxylation is 2. The van der Waals surface area contributed by atoms with Crippen LogP contribution in [0.25, 0.3) is 0 Å². The van der Waals surface area contributed by atoms with Crippen LogP contribution in [0.15, 0.2) is 29.1 Å². The summed E-state index contributed by atoms with van der Waals surface area (Å²) in [7, 11) is 4.84. The lowest BCUT2D eigenvalue weighted by atomic mass is 10.1. The highest BCUT2D eigenvalue weighted by Crippen LogP contribution is 2.25. The average molecular weight is 431 g/mol. The Kier molecular flexibility index (Phi) is 6.50. The van der Waals surface area contributed by atoms with E-state index in [0.717, 1.165) is 11.3 Å². The van der Waals surface area contributed by atoms with E-state index in [1.54, 1.807) is 32.9 Å². The number of hydrogen-bond acceptors (Lipinski definition) is 6. The van der Waals surface area contributed by atoms with Gasteiger partial charge in [0, 0.05) is 26.4 Å². The predicted molar refractivity (Wildman–Crippen MR) is 116 cm³/mol. The highest BCUT2D eigenvalue weighted by molar-refractivity contribution is 7.99. The quantitative estimate of drug-likeness (QED) is 0.716. The largest absolute Gasteiger partial charge is 0.497 e. The number of benzene rings is 1. The van der Waals surface area contributed by atoms with E-state index in [9.17, 15) is 14.4 Å². The van der Waals surface area contributed by atoms with Crippen molar-refractivity contribution in [3.05, 3.63) is 57.0 Å². The Hall–Kier alpha value is -2.81. The second-order valence-corrected chi connectivity index (χ2v) is 8.35. The third kappa shape index (κ3) is 4.21. The number of carbonyl (C=O) groups excluding carboxylic acids is 2. The van der Waals surface area contributed by atoms with Crippen LogP contribution in [-0.4, -0.2) is 63.2 Å². The lowest BCUT2D eigenvalue weighted by Gasteiger charge is -2.28. The topological polar surface area (TPSA) is 84.7 Å². The van der Waals surface area contributed by atoms with Crippen LogP contribution in [0, 0.1) is 13.8 Å². The molecule has 2 heterocycles. The Balaban J connectivity index is 1.82. The molecule has 1 atom stereocenters. The molecule has 0 bridgehead atoms. The van der Waals surface area contributed by atoms with E-state index in [2.05, 4.69) is 5.10 Å². The van der Waals surface area contributed by atoms with Crippen molar-refractivity contribution in [2.45, 2.75) is 26.4 Å². The molecule has 160 valence electrons. The number of aromatic nitrogens is 2. The van der Waals surface area contributed by atoms with Gasteiger partial charge in [-0.25, -0.2) is 4.68 Å². The summed E-state index contributed by atoms with van der Waals surface area (Å²) in [6.07, 6.45) is 0. The highest BCUT2D eigenvalue weighted by atomic mass is 32.2. The fraction of sp³-hybridized carbons (Fsp3) is 0.429. The van der Waals surface area contributed by atoms with Gasteiger partial charge in [-0.05, 0) is 37.1 Å². The number of amides is 2. The first kappa shape index (κ1) is 21.9. The molecule has 0 unspecified atom stereocenters. The van der Waals surface area contributed by atoms with Crippen LogP contribution >= 0.6 is 11.8 Å². The predicted octanol–water partition coefficient (Wildman–Crippen LogP) is 1.58. The fourth-order valence-corrected chi connectivity index (χ4v) is 4.61. The molecule has 1 aromatic carbocycles. The molecular weight excluding hydrogens is 404 g/mol. The van der Waals surface area contributed by atoms with Crippen molar-refractivity contribution in [2.75, 3.05) is 25.8 Å². The molecule has 2 aromatic rings. The lowest BCUT2D eigenvalue weighted by Crippen LogP contribution is -2.49. The van der Waals surface area contributed by atoms with Crippen molar-refractivity contribution in [3.8, 4) is 5.75 Å². The van der Waals surface area contributed by atoms with Gasteiger partial charge in [0.05, 0.1) is 18.7 Å². The Bertz CT molecular complexity index is 1040. The van der Waals surface area contributed by atoms with E-state index < -0.39 is 17.5 Å². The number of nitrogens with zero attached hydrogens (tertiary/aromatic N) is 4. The summed E-state index contributed by atoms with van der Waals surface area (Å²) in [5, 5.41) is 4.13. The molecule has 30 heavy (non-hydrogen) atoms. The molecule has 1 fully saturated rings. The van der Waals surface area contributed by atoms with Gasteiger partial charge in [0.15, 0.2) is 0 Å². The van der Waals surface area contributed by atoms with Crippen molar-refractivity contribution in [1.82, 2.24) is 19.6 Å². The molecule has 0 radical (unpaired) electrons. The number of hydrogen-bond donors (Lipinski definition) is 0. The number of likely N-dealkylation sites (N-methyl/N-ethyl adjacent to an activating group) is 1. The molecule has 0 N–H and O–H groups in total. The first-order valence-electron chi connectivity index (χ1n) is 9.55. The Labute approximate surface area is 179 Å². The summed E-state index contributed by atoms with van der Waals surface area (Å²) in [5.74, 6) is 1.01. The van der Waals surface area contributed by atoms with E-state index in [1.807, 2.05) is 24.3 Å². The number of thioether (sulfide) groups is 1. The van der Waals surface area contributed by atoms with E-state index in [0.29, 0.717) is 29.4 Å². The van der Waals surface area contributed by atoms with Gasteiger partial charge in [0.2, 0.25) is 5.91 Å². The Morgan fingerprint density at radius 3 is 2.77 bits per heavy atom. The van der Waals surface area contributed by atoms with Crippen LogP contribution in [-0.2, 0) is 18.4 Å². The number of methoxy groups -OCH3 is 1. The molecule has 2 amide bonds. The van der Waals surface area contributed by atoms with Gasteiger partial charge in [-0.1, -0.05) is 12.1 Å². The molecule has 1 saturated heterocycles. The zero-order chi connectivity index (χ0) is 22.0. The van der Waals surface area contributed by atoms with Gasteiger partial charge in [0.25, 0.3) is 11.5 Å². The SMILES string of the molecule is COc1cccc(CN(C)C(=O)[C@@H]2CSCN2C(=O)c2c(C)c(C)nn(C)c2=O)c1. The van der Waals surface area contributed by atoms with Gasteiger partial charge >= 0.3 is 0 Å². The zero-order valence-corrected chi connectivity index (χ0v) is 18.7. The molecule has 0 saturated carbocycles. The van der Waals surface area contributed by atoms with E-state index in [-0.39, 0.29) is 11.5 Å². The second kappa shape index (κ2) is 8.91. The summed E-state index contributed by atoms with van der Waals surface area (Å²) in [6, 6.07) is 6.90. The third-order valence-electron chi connectivity index (χ3n) is 5.30. The fourth-order valence-electron chi connectivity index (χ4n) is 3.47. The highest BCUT2D eigenvalue weighted by Gasteiger charge is 2.38. The summed E-state index contributed by atoms with van der Waals surface area (Å²) in [6.45, 7) is 3.87. The smallest absolute Gasteiger partial charge is 0.279 e. The molecule has 1 aromatic heterocycles. The summed E-state index contributed by atoms with van der Waals surface area (Å²) < 4.78 is 6.41. The van der Waals surface area contributed by atoms with Crippen LogP contribution in [0.3, 0.4) is 0 Å². The Morgan fingerprint density at radius 1 is 1.33 bits per heavy atom. The van der Waals surface area contributed by atoms with Crippen LogP contribution in [0.2, 0.25) is 0 Å². The maximum absolute atomic E-state index is 13.3. The minimum atomic E-state index is -0.615. The van der Waals surface area contributed by atoms with Gasteiger partial charge in [-0.15, -0.1) is 11.8 Å². The van der Waals surface area contributed by atoms with Crippen molar-refractivity contribution in [1.29, 1.82) is 0 Å². The molecule has 9 heteroatoms. The van der Waals surface area contributed by atoms with Crippen LogP contribution < -0.4 is 10.3 Å². The van der Waals surface area contributed by atoms with Gasteiger partial charge in [-0.2, -0.15) is 5.10 Å². The molecule has 0 spiro atoms. The van der Waals surface area contributed by atoms with E-state index in [4.69, 9.17) is 4.74 Å². The number of carbonyl (C=O) groups is 2. The van der Waals surface area contributed by atoms with Crippen molar-refractivity contribution < 1.29 is 14.3 Å². The molecule has 8 nitrogen and oxygen atoms in total. The first-order valence-corrected chi connectivity index (χ1v) is 10.7. The summed E-state index contributed by atoms with van der Waals surface area (Å²) in [4.78, 5) is 42.1. The van der Waals surface area contributed by atoms with Crippen molar-refractivity contribution >= 4 is 23.6 Å². The maximum atomic E-state index is 13.3. The zero-order valence-electron chi connectivity index (χ0n) is 17.8. The van der Waals surface area contributed by atoms with E-state index >= 15 is 0 Å². The van der Waals surface area contributed by atoms with Crippen molar-refractivity contribution in [3.63, 3.8) is 0 Å². The molecular formula is C21H26N4O4S. The maximum Gasteiger partial charge on any atom is 0.279 e. The second-order valence-electron chi connectivity index (χ2n) is 7.35. The van der Waals surface area contributed by atoms with Crippen molar-refractivity contribution in [2.24, 2.45) is 7.05 Å². The average Bonchev–Trinajstić information content (AvgIpc) is 3.21. The van der Waals surface area contributed by atoms with Gasteiger partial charge in [0.1, 0.15) is 17.4 Å².